The average molecular weight is 632 g/mol. The molecule has 0 fully saturated rings. The standard InChI is InChI=1S/C24H28Cl5N3O4S/c1-6-20(23(34)30-24(2,3)4)31(12-14-7-8-15(25)9-16(14)26)22(33)13-32(37(5,35)36)21-11-18(28)17(27)10-19(21)29/h7-11,20H,6,12-13H2,1-5H3,(H,30,34)/t20-/m0/s1. The van der Waals surface area contributed by atoms with E-state index in [4.69, 9.17) is 58.0 Å². The van der Waals surface area contributed by atoms with Crippen molar-refractivity contribution in [3.8, 4) is 0 Å². The molecule has 0 heterocycles. The van der Waals surface area contributed by atoms with Gasteiger partial charge >= 0.3 is 0 Å². The molecule has 0 radical (unpaired) electrons. The second-order valence-corrected chi connectivity index (χ2v) is 13.4. The molecule has 2 aromatic rings. The lowest BCUT2D eigenvalue weighted by Crippen LogP contribution is -2.55. The molecule has 0 aromatic heterocycles. The molecule has 1 atom stereocenters. The Balaban J connectivity index is 2.56. The summed E-state index contributed by atoms with van der Waals surface area (Å²) in [7, 11) is -4.01. The van der Waals surface area contributed by atoms with Crippen molar-refractivity contribution in [3.05, 3.63) is 61.0 Å². The van der Waals surface area contributed by atoms with Gasteiger partial charge in [0.2, 0.25) is 21.8 Å². The van der Waals surface area contributed by atoms with Crippen molar-refractivity contribution in [3.63, 3.8) is 0 Å². The molecule has 0 unspecified atom stereocenters. The van der Waals surface area contributed by atoms with Gasteiger partial charge in [0.1, 0.15) is 12.6 Å². The minimum Gasteiger partial charge on any atom is -0.350 e. The first-order chi connectivity index (χ1) is 16.9. The summed E-state index contributed by atoms with van der Waals surface area (Å²) < 4.78 is 26.3. The van der Waals surface area contributed by atoms with E-state index in [1.165, 1.54) is 23.1 Å². The number of nitrogens with one attached hydrogen (secondary N) is 1. The van der Waals surface area contributed by atoms with Gasteiger partial charge < -0.3 is 10.2 Å². The Morgan fingerprint density at radius 3 is 2.05 bits per heavy atom. The second kappa shape index (κ2) is 12.6. The summed E-state index contributed by atoms with van der Waals surface area (Å²) in [5.74, 6) is -1.05. The Labute approximate surface area is 243 Å². The van der Waals surface area contributed by atoms with Crippen molar-refractivity contribution in [1.82, 2.24) is 10.2 Å². The van der Waals surface area contributed by atoms with Gasteiger partial charge in [0.15, 0.2) is 0 Å². The van der Waals surface area contributed by atoms with E-state index in [1.54, 1.807) is 19.1 Å². The van der Waals surface area contributed by atoms with Crippen molar-refractivity contribution in [1.29, 1.82) is 0 Å². The van der Waals surface area contributed by atoms with Crippen LogP contribution < -0.4 is 9.62 Å². The maximum absolute atomic E-state index is 13.8. The molecule has 37 heavy (non-hydrogen) atoms. The maximum Gasteiger partial charge on any atom is 0.244 e. The van der Waals surface area contributed by atoms with Crippen LogP contribution in [0.1, 0.15) is 39.7 Å². The highest BCUT2D eigenvalue weighted by atomic mass is 35.5. The smallest absolute Gasteiger partial charge is 0.244 e. The van der Waals surface area contributed by atoms with Crippen LogP contribution >= 0.6 is 58.0 Å². The molecule has 0 aliphatic carbocycles. The molecule has 2 rings (SSSR count). The maximum atomic E-state index is 13.8. The van der Waals surface area contributed by atoms with E-state index in [-0.39, 0.29) is 33.7 Å². The van der Waals surface area contributed by atoms with Gasteiger partial charge in [-0.2, -0.15) is 0 Å². The third kappa shape index (κ3) is 8.80. The summed E-state index contributed by atoms with van der Waals surface area (Å²) in [6, 6.07) is 6.41. The Hall–Kier alpha value is -1.42. The number of carbonyl (C=O) groups excluding carboxylic acids is 2. The number of anilines is 1. The first kappa shape index (κ1) is 31.8. The summed E-state index contributed by atoms with van der Waals surface area (Å²) >= 11 is 30.8. The second-order valence-electron chi connectivity index (χ2n) is 9.41. The number of amides is 2. The summed E-state index contributed by atoms with van der Waals surface area (Å²) in [4.78, 5) is 28.3. The Bertz CT molecular complexity index is 1280. The molecule has 2 amide bonds. The largest absolute Gasteiger partial charge is 0.350 e. The van der Waals surface area contributed by atoms with Crippen LogP contribution in [0.5, 0.6) is 0 Å². The molecule has 204 valence electrons. The van der Waals surface area contributed by atoms with Gasteiger partial charge in [0, 0.05) is 22.1 Å². The number of nitrogens with zero attached hydrogens (tertiary/aromatic N) is 2. The van der Waals surface area contributed by atoms with Crippen molar-refractivity contribution >= 4 is 85.5 Å². The van der Waals surface area contributed by atoms with Crippen LogP contribution in [0.15, 0.2) is 30.3 Å². The van der Waals surface area contributed by atoms with Crippen molar-refractivity contribution < 1.29 is 18.0 Å². The third-order valence-corrected chi connectivity index (χ3v) is 7.92. The lowest BCUT2D eigenvalue weighted by atomic mass is 10.1. The van der Waals surface area contributed by atoms with Gasteiger partial charge in [0.25, 0.3) is 0 Å². The van der Waals surface area contributed by atoms with Crippen LogP contribution in [0.25, 0.3) is 0 Å². The minimum atomic E-state index is -4.01. The van der Waals surface area contributed by atoms with Gasteiger partial charge in [-0.05, 0) is 57.0 Å². The summed E-state index contributed by atoms with van der Waals surface area (Å²) in [6.07, 6.45) is 1.19. The SMILES string of the molecule is CC[C@@H](C(=O)NC(C)(C)C)N(Cc1ccc(Cl)cc1Cl)C(=O)CN(c1cc(Cl)c(Cl)cc1Cl)S(C)(=O)=O. The molecule has 0 aliphatic rings. The number of carbonyl (C=O) groups is 2. The van der Waals surface area contributed by atoms with Crippen LogP contribution in [-0.2, 0) is 26.2 Å². The molecule has 0 spiro atoms. The summed E-state index contributed by atoms with van der Waals surface area (Å²) in [6.45, 7) is 6.48. The van der Waals surface area contributed by atoms with Gasteiger partial charge in [0.05, 0.1) is 27.0 Å². The lowest BCUT2D eigenvalue weighted by molar-refractivity contribution is -0.141. The van der Waals surface area contributed by atoms with E-state index >= 15 is 0 Å². The summed E-state index contributed by atoms with van der Waals surface area (Å²) in [5.41, 5.74) is -0.0627. The molecular weight excluding hydrogens is 604 g/mol. The van der Waals surface area contributed by atoms with Crippen LogP contribution in [-0.4, -0.2) is 49.5 Å². The minimum absolute atomic E-state index is 0.0163. The zero-order valence-electron chi connectivity index (χ0n) is 20.9. The predicted octanol–water partition coefficient (Wildman–Crippen LogP) is 6.44. The molecule has 7 nitrogen and oxygen atoms in total. The molecule has 0 bridgehead atoms. The predicted molar refractivity (Wildman–Crippen MR) is 153 cm³/mol. The first-order valence-corrected chi connectivity index (χ1v) is 14.9. The average Bonchev–Trinajstić information content (AvgIpc) is 2.74. The Kier molecular flexibility index (Phi) is 10.8. The molecular formula is C24H28Cl5N3O4S. The number of hydrogen-bond donors (Lipinski definition) is 1. The van der Waals surface area contributed by atoms with Crippen LogP contribution in [0, 0.1) is 0 Å². The summed E-state index contributed by atoms with van der Waals surface area (Å²) in [5, 5.41) is 3.75. The van der Waals surface area contributed by atoms with Gasteiger partial charge in [-0.15, -0.1) is 0 Å². The molecule has 2 aromatic carbocycles. The number of hydrogen-bond acceptors (Lipinski definition) is 4. The molecule has 1 N–H and O–H groups in total. The first-order valence-electron chi connectivity index (χ1n) is 11.1. The van der Waals surface area contributed by atoms with Gasteiger partial charge in [-0.3, -0.25) is 13.9 Å². The van der Waals surface area contributed by atoms with Crippen LogP contribution in [0.2, 0.25) is 25.1 Å². The Morgan fingerprint density at radius 2 is 1.54 bits per heavy atom. The zero-order chi connectivity index (χ0) is 28.3. The normalized spacial score (nSPS) is 12.7. The van der Waals surface area contributed by atoms with E-state index < -0.39 is 40.0 Å². The van der Waals surface area contributed by atoms with Crippen molar-refractivity contribution in [2.75, 3.05) is 17.1 Å². The number of halogens is 5. The van der Waals surface area contributed by atoms with E-state index in [0.717, 1.165) is 10.6 Å². The lowest BCUT2D eigenvalue weighted by Gasteiger charge is -2.34. The highest BCUT2D eigenvalue weighted by Crippen LogP contribution is 2.36. The van der Waals surface area contributed by atoms with Gasteiger partial charge in [-0.1, -0.05) is 71.0 Å². The highest BCUT2D eigenvalue weighted by Gasteiger charge is 2.34. The fraction of sp³-hybridized carbons (Fsp3) is 0.417. The zero-order valence-corrected chi connectivity index (χ0v) is 25.5. The van der Waals surface area contributed by atoms with E-state index in [1.807, 2.05) is 20.8 Å². The van der Waals surface area contributed by atoms with Crippen molar-refractivity contribution in [2.45, 2.75) is 52.2 Å². The molecule has 0 aliphatic heterocycles. The van der Waals surface area contributed by atoms with Crippen LogP contribution in [0.3, 0.4) is 0 Å². The number of rotatable bonds is 9. The highest BCUT2D eigenvalue weighted by molar-refractivity contribution is 7.92. The van der Waals surface area contributed by atoms with E-state index in [0.29, 0.717) is 15.6 Å². The van der Waals surface area contributed by atoms with Gasteiger partial charge in [-0.25, -0.2) is 8.42 Å². The quantitative estimate of drug-likeness (QED) is 0.323. The molecule has 0 saturated carbocycles. The number of benzene rings is 2. The monoisotopic (exact) mass is 629 g/mol. The van der Waals surface area contributed by atoms with Crippen molar-refractivity contribution in [2.24, 2.45) is 0 Å². The third-order valence-electron chi connectivity index (χ3n) is 5.18. The van der Waals surface area contributed by atoms with Crippen LogP contribution in [0.4, 0.5) is 5.69 Å². The molecule has 13 heteroatoms. The number of sulfonamides is 1. The Morgan fingerprint density at radius 1 is 0.946 bits per heavy atom. The molecule has 0 saturated heterocycles. The van der Waals surface area contributed by atoms with E-state index in [9.17, 15) is 18.0 Å². The fourth-order valence-electron chi connectivity index (χ4n) is 3.50. The topological polar surface area (TPSA) is 86.8 Å². The van der Waals surface area contributed by atoms with E-state index in [2.05, 4.69) is 5.32 Å². The fourth-order valence-corrected chi connectivity index (χ4v) is 5.52.